The Morgan fingerprint density at radius 3 is 2.77 bits per heavy atom. The van der Waals surface area contributed by atoms with Crippen LogP contribution in [0.4, 0.5) is 23.2 Å². The number of anilines is 1. The Balaban J connectivity index is 2.22. The molecule has 0 aromatic carbocycles. The number of carbonyl (C=O) groups is 1. The maximum absolute atomic E-state index is 13.4. The number of carbonyl (C=O) groups excluding carboxylic acids is 1. The van der Waals surface area contributed by atoms with Crippen molar-refractivity contribution in [1.82, 2.24) is 9.55 Å². The molecule has 0 saturated carbocycles. The maximum Gasteiger partial charge on any atom is 0.289 e. The number of nitrogens with zero attached hydrogens (tertiary/aromatic N) is 2. The number of halogens is 4. The fourth-order valence-corrected chi connectivity index (χ4v) is 2.28. The predicted octanol–water partition coefficient (Wildman–Crippen LogP) is 2.60. The van der Waals surface area contributed by atoms with Gasteiger partial charge in [-0.1, -0.05) is 0 Å². The summed E-state index contributed by atoms with van der Waals surface area (Å²) in [5.74, 6) is -1.95. The number of aryl methyl sites for hydroxylation is 1. The van der Waals surface area contributed by atoms with Crippen LogP contribution in [0.25, 0.3) is 0 Å². The lowest BCUT2D eigenvalue weighted by Gasteiger charge is -2.08. The Hall–Kier alpha value is -2.23. The van der Waals surface area contributed by atoms with Crippen LogP contribution < -0.4 is 10.9 Å². The highest BCUT2D eigenvalue weighted by Gasteiger charge is 2.17. The van der Waals surface area contributed by atoms with Gasteiger partial charge in [-0.05, 0) is 0 Å². The molecule has 0 radical (unpaired) electrons. The molecule has 5 nitrogen and oxygen atoms in total. The van der Waals surface area contributed by atoms with Crippen molar-refractivity contribution in [2.24, 2.45) is 0 Å². The van der Waals surface area contributed by atoms with E-state index in [0.29, 0.717) is 11.3 Å². The molecule has 118 valence electrons. The summed E-state index contributed by atoms with van der Waals surface area (Å²) in [6, 6.07) is 0.768. The third-order valence-corrected chi connectivity index (χ3v) is 3.56. The Morgan fingerprint density at radius 1 is 1.45 bits per heavy atom. The van der Waals surface area contributed by atoms with Crippen LogP contribution in [0.1, 0.15) is 21.1 Å². The highest BCUT2D eigenvalue weighted by Crippen LogP contribution is 2.24. The number of nitrogens with one attached hydrogen (secondary N) is 1. The molecule has 0 fully saturated rings. The van der Waals surface area contributed by atoms with E-state index in [2.05, 4.69) is 10.3 Å². The number of hydrogen-bond donors (Lipinski definition) is 1. The molecule has 10 heteroatoms. The minimum Gasteiger partial charge on any atom is -0.320 e. The lowest BCUT2D eigenvalue weighted by atomic mass is 10.3. The molecule has 1 N–H and O–H groups in total. The summed E-state index contributed by atoms with van der Waals surface area (Å²) < 4.78 is 51.3. The van der Waals surface area contributed by atoms with E-state index in [1.165, 1.54) is 0 Å². The standard InChI is InChI=1S/C12H9F4N3O2S/c13-1-2-19-5-6(3-7(14)12(19)21)18-10(20)8-4-17-11(22-8)9(15)16/h3-5,9H,1-2H2,(H,18,20). The maximum atomic E-state index is 13.4. The van der Waals surface area contributed by atoms with Gasteiger partial charge in [0, 0.05) is 12.3 Å². The van der Waals surface area contributed by atoms with Crippen LogP contribution in [0.15, 0.2) is 23.3 Å². The number of hydrogen-bond acceptors (Lipinski definition) is 4. The van der Waals surface area contributed by atoms with Gasteiger partial charge in [-0.3, -0.25) is 9.59 Å². The zero-order chi connectivity index (χ0) is 16.3. The van der Waals surface area contributed by atoms with Crippen LogP contribution in [0, 0.1) is 5.82 Å². The number of thiazole rings is 1. The molecular weight excluding hydrogens is 326 g/mol. The van der Waals surface area contributed by atoms with Crippen molar-refractivity contribution in [1.29, 1.82) is 0 Å². The summed E-state index contributed by atoms with van der Waals surface area (Å²) in [4.78, 5) is 26.5. The average Bonchev–Trinajstić information content (AvgIpc) is 2.94. The zero-order valence-corrected chi connectivity index (χ0v) is 11.7. The molecule has 0 saturated heterocycles. The van der Waals surface area contributed by atoms with Gasteiger partial charge >= 0.3 is 0 Å². The minimum absolute atomic E-state index is 0.0949. The lowest BCUT2D eigenvalue weighted by Crippen LogP contribution is -2.24. The molecule has 0 aliphatic rings. The van der Waals surface area contributed by atoms with Crippen LogP contribution in [0.5, 0.6) is 0 Å². The lowest BCUT2D eigenvalue weighted by molar-refractivity contribution is 0.103. The second-order valence-corrected chi connectivity index (χ2v) is 5.14. The quantitative estimate of drug-likeness (QED) is 0.854. The second-order valence-electron chi connectivity index (χ2n) is 4.08. The molecule has 1 amide bonds. The van der Waals surface area contributed by atoms with E-state index in [4.69, 9.17) is 0 Å². The van der Waals surface area contributed by atoms with Crippen molar-refractivity contribution in [3.8, 4) is 0 Å². The van der Waals surface area contributed by atoms with E-state index in [1.807, 2.05) is 0 Å². The Bertz CT molecular complexity index is 744. The van der Waals surface area contributed by atoms with Crippen LogP contribution in [0.3, 0.4) is 0 Å². The summed E-state index contributed by atoms with van der Waals surface area (Å²) in [5.41, 5.74) is -1.11. The fourth-order valence-electron chi connectivity index (χ4n) is 1.61. The number of aromatic nitrogens is 2. The molecule has 2 aromatic rings. The zero-order valence-electron chi connectivity index (χ0n) is 10.9. The summed E-state index contributed by atoms with van der Waals surface area (Å²) >= 11 is 0.495. The van der Waals surface area contributed by atoms with Crippen LogP contribution >= 0.6 is 11.3 Å². The summed E-state index contributed by atoms with van der Waals surface area (Å²) in [7, 11) is 0. The van der Waals surface area contributed by atoms with Crippen LogP contribution in [-0.4, -0.2) is 22.1 Å². The Kier molecular flexibility index (Phi) is 4.91. The summed E-state index contributed by atoms with van der Waals surface area (Å²) in [6.45, 7) is -1.25. The van der Waals surface area contributed by atoms with Gasteiger partial charge in [0.2, 0.25) is 0 Å². The van der Waals surface area contributed by atoms with Gasteiger partial charge < -0.3 is 9.88 Å². The first kappa shape index (κ1) is 16.1. The molecule has 2 heterocycles. The van der Waals surface area contributed by atoms with E-state index >= 15 is 0 Å². The van der Waals surface area contributed by atoms with Crippen molar-refractivity contribution in [2.75, 3.05) is 12.0 Å². The minimum atomic E-state index is -2.80. The van der Waals surface area contributed by atoms with E-state index in [0.717, 1.165) is 23.0 Å². The fraction of sp³-hybridized carbons (Fsp3) is 0.250. The van der Waals surface area contributed by atoms with Gasteiger partial charge in [0.1, 0.15) is 11.6 Å². The van der Waals surface area contributed by atoms with Crippen molar-refractivity contribution in [3.63, 3.8) is 0 Å². The molecular formula is C12H9F4N3O2S. The van der Waals surface area contributed by atoms with Crippen LogP contribution in [0.2, 0.25) is 0 Å². The molecule has 22 heavy (non-hydrogen) atoms. The third kappa shape index (κ3) is 3.50. The van der Waals surface area contributed by atoms with Gasteiger partial charge in [-0.2, -0.15) is 0 Å². The topological polar surface area (TPSA) is 64.0 Å². The van der Waals surface area contributed by atoms with Gasteiger partial charge in [-0.25, -0.2) is 22.5 Å². The summed E-state index contributed by atoms with van der Waals surface area (Å²) in [5, 5.41) is 1.73. The Labute approximate surface area is 125 Å². The van der Waals surface area contributed by atoms with Gasteiger partial charge in [0.05, 0.1) is 18.4 Å². The van der Waals surface area contributed by atoms with E-state index in [9.17, 15) is 27.2 Å². The van der Waals surface area contributed by atoms with Gasteiger partial charge in [0.15, 0.2) is 10.8 Å². The molecule has 2 rings (SSSR count). The Morgan fingerprint density at radius 2 is 2.18 bits per heavy atom. The molecule has 0 atom stereocenters. The van der Waals surface area contributed by atoms with E-state index in [1.54, 1.807) is 0 Å². The van der Waals surface area contributed by atoms with Crippen molar-refractivity contribution >= 4 is 22.9 Å². The average molecular weight is 335 g/mol. The van der Waals surface area contributed by atoms with Crippen molar-refractivity contribution < 1.29 is 22.4 Å². The number of alkyl halides is 3. The van der Waals surface area contributed by atoms with Gasteiger partial charge in [0.25, 0.3) is 17.9 Å². The summed E-state index contributed by atoms with van der Waals surface area (Å²) in [6.07, 6.45) is -0.761. The van der Waals surface area contributed by atoms with E-state index < -0.39 is 35.4 Å². The monoisotopic (exact) mass is 335 g/mol. The van der Waals surface area contributed by atoms with Crippen LogP contribution in [-0.2, 0) is 6.54 Å². The second kappa shape index (κ2) is 6.69. The SMILES string of the molecule is O=C(Nc1cc(F)c(=O)n(CCF)c1)c1cnc(C(F)F)s1. The normalized spacial score (nSPS) is 11.0. The first-order chi connectivity index (χ1) is 10.4. The molecule has 0 aliphatic carbocycles. The van der Waals surface area contributed by atoms with Crippen molar-refractivity contribution in [3.05, 3.63) is 44.5 Å². The first-order valence-corrected chi connectivity index (χ1v) is 6.75. The number of amides is 1. The predicted molar refractivity (Wildman–Crippen MR) is 71.7 cm³/mol. The van der Waals surface area contributed by atoms with Gasteiger partial charge in [-0.15, -0.1) is 11.3 Å². The third-order valence-electron chi connectivity index (χ3n) is 2.56. The molecule has 0 aliphatic heterocycles. The smallest absolute Gasteiger partial charge is 0.289 e. The largest absolute Gasteiger partial charge is 0.320 e. The highest BCUT2D eigenvalue weighted by atomic mass is 32.1. The van der Waals surface area contributed by atoms with Crippen molar-refractivity contribution in [2.45, 2.75) is 13.0 Å². The molecule has 0 spiro atoms. The molecule has 0 bridgehead atoms. The molecule has 0 unspecified atom stereocenters. The number of pyridine rings is 1. The highest BCUT2D eigenvalue weighted by molar-refractivity contribution is 7.13. The molecule has 2 aromatic heterocycles. The first-order valence-electron chi connectivity index (χ1n) is 5.93. The number of rotatable bonds is 5. The van der Waals surface area contributed by atoms with E-state index in [-0.39, 0.29) is 17.1 Å².